The third kappa shape index (κ3) is 4.33. The van der Waals surface area contributed by atoms with Gasteiger partial charge in [0.1, 0.15) is 5.75 Å². The Morgan fingerprint density at radius 1 is 1.23 bits per heavy atom. The molecule has 0 saturated heterocycles. The molecule has 0 unspecified atom stereocenters. The van der Waals surface area contributed by atoms with Crippen molar-refractivity contribution in [2.45, 2.75) is 44.3 Å². The lowest BCUT2D eigenvalue weighted by Gasteiger charge is -2.24. The molecule has 2 amide bonds. The molecular weight excluding hydrogens is 404 g/mol. The summed E-state index contributed by atoms with van der Waals surface area (Å²) in [6.07, 6.45) is -0.141. The number of carbonyl (C=O) groups excluding carboxylic acids is 2. The highest BCUT2D eigenvalue weighted by molar-refractivity contribution is 7.92. The molecular formula is C22H26N2O5S. The summed E-state index contributed by atoms with van der Waals surface area (Å²) in [4.78, 5) is 26.1. The predicted molar refractivity (Wildman–Crippen MR) is 116 cm³/mol. The fourth-order valence-corrected chi connectivity index (χ4v) is 5.08. The van der Waals surface area contributed by atoms with Crippen molar-refractivity contribution in [1.82, 2.24) is 0 Å². The summed E-state index contributed by atoms with van der Waals surface area (Å²) in [6.45, 7) is 7.29. The number of hydrogen-bond donors (Lipinski definition) is 1. The summed E-state index contributed by atoms with van der Waals surface area (Å²) in [5.41, 5.74) is 2.71. The Bertz CT molecular complexity index is 1090. The fourth-order valence-electron chi connectivity index (χ4n) is 3.50. The molecule has 0 radical (unpaired) electrons. The zero-order chi connectivity index (χ0) is 22.1. The number of sulfone groups is 1. The lowest BCUT2D eigenvalue weighted by molar-refractivity contribution is -0.119. The fraction of sp³-hybridized carbons (Fsp3) is 0.364. The molecule has 1 atom stereocenters. The summed E-state index contributed by atoms with van der Waals surface area (Å²) in [6, 6.07) is 10.6. The molecule has 2 aromatic carbocycles. The van der Waals surface area contributed by atoms with Crippen LogP contribution in [0.15, 0.2) is 41.3 Å². The van der Waals surface area contributed by atoms with Gasteiger partial charge in [-0.15, -0.1) is 0 Å². The molecule has 30 heavy (non-hydrogen) atoms. The molecule has 0 bridgehead atoms. The quantitative estimate of drug-likeness (QED) is 0.759. The van der Waals surface area contributed by atoms with Gasteiger partial charge in [0.15, 0.2) is 16.4 Å². The van der Waals surface area contributed by atoms with Gasteiger partial charge in [0, 0.05) is 24.7 Å². The average molecular weight is 431 g/mol. The number of anilines is 2. The third-order valence-electron chi connectivity index (χ3n) is 5.14. The van der Waals surface area contributed by atoms with E-state index in [2.05, 4.69) is 5.32 Å². The van der Waals surface area contributed by atoms with Gasteiger partial charge in [-0.1, -0.05) is 12.1 Å². The van der Waals surface area contributed by atoms with Crippen LogP contribution in [0.2, 0.25) is 0 Å². The van der Waals surface area contributed by atoms with E-state index in [9.17, 15) is 18.0 Å². The van der Waals surface area contributed by atoms with Crippen LogP contribution in [0.3, 0.4) is 0 Å². The zero-order valence-electron chi connectivity index (χ0n) is 17.6. The van der Waals surface area contributed by atoms with Gasteiger partial charge in [0.25, 0.3) is 5.91 Å². The van der Waals surface area contributed by atoms with E-state index in [-0.39, 0.29) is 29.7 Å². The van der Waals surface area contributed by atoms with Gasteiger partial charge in [0.05, 0.1) is 15.8 Å². The van der Waals surface area contributed by atoms with Crippen molar-refractivity contribution in [2.24, 2.45) is 0 Å². The van der Waals surface area contributed by atoms with Crippen LogP contribution in [-0.2, 0) is 19.4 Å². The summed E-state index contributed by atoms with van der Waals surface area (Å²) >= 11 is 0. The molecule has 0 saturated carbocycles. The Morgan fingerprint density at radius 2 is 1.97 bits per heavy atom. The van der Waals surface area contributed by atoms with E-state index in [0.29, 0.717) is 23.5 Å². The summed E-state index contributed by atoms with van der Waals surface area (Å²) in [7, 11) is -3.78. The van der Waals surface area contributed by atoms with Crippen LogP contribution in [0.5, 0.6) is 5.75 Å². The number of carbonyl (C=O) groups is 2. The Labute approximate surface area is 177 Å². The molecule has 2 aromatic rings. The minimum Gasteiger partial charge on any atom is -0.482 e. The van der Waals surface area contributed by atoms with Crippen molar-refractivity contribution in [3.05, 3.63) is 47.5 Å². The maximum Gasteiger partial charge on any atom is 0.262 e. The van der Waals surface area contributed by atoms with E-state index in [0.717, 1.165) is 11.3 Å². The van der Waals surface area contributed by atoms with Gasteiger partial charge < -0.3 is 15.0 Å². The second kappa shape index (κ2) is 8.47. The minimum absolute atomic E-state index is 0.108. The third-order valence-corrected chi connectivity index (χ3v) is 7.42. The second-order valence-corrected chi connectivity index (χ2v) is 9.82. The lowest BCUT2D eigenvalue weighted by atomic mass is 10.2. The van der Waals surface area contributed by atoms with Crippen molar-refractivity contribution < 1.29 is 22.7 Å². The number of ether oxygens (including phenoxy) is 1. The number of rotatable bonds is 6. The maximum atomic E-state index is 13.2. The van der Waals surface area contributed by atoms with Gasteiger partial charge in [-0.05, 0) is 57.0 Å². The molecule has 0 aromatic heterocycles. The van der Waals surface area contributed by atoms with Crippen molar-refractivity contribution in [2.75, 3.05) is 23.4 Å². The van der Waals surface area contributed by atoms with E-state index in [1.54, 1.807) is 24.8 Å². The number of nitrogens with one attached hydrogen (secondary N) is 1. The van der Waals surface area contributed by atoms with Crippen molar-refractivity contribution in [1.29, 1.82) is 0 Å². The Kier molecular flexibility index (Phi) is 6.17. The van der Waals surface area contributed by atoms with Gasteiger partial charge in [-0.25, -0.2) is 8.42 Å². The smallest absolute Gasteiger partial charge is 0.262 e. The van der Waals surface area contributed by atoms with Gasteiger partial charge in [-0.2, -0.15) is 0 Å². The zero-order valence-corrected chi connectivity index (χ0v) is 18.4. The summed E-state index contributed by atoms with van der Waals surface area (Å²) in [5, 5.41) is 1.75. The van der Waals surface area contributed by atoms with Gasteiger partial charge in [0.2, 0.25) is 5.91 Å². The molecule has 160 valence electrons. The highest BCUT2D eigenvalue weighted by Gasteiger charge is 2.31. The topological polar surface area (TPSA) is 92.8 Å². The van der Waals surface area contributed by atoms with Crippen LogP contribution in [0.25, 0.3) is 0 Å². The number of nitrogens with zero attached hydrogens (tertiary/aromatic N) is 1. The molecule has 1 heterocycles. The summed E-state index contributed by atoms with van der Waals surface area (Å²) < 4.78 is 31.8. The SMILES string of the molecule is CCN(C(=O)C[C@H](C)S(=O)(=O)c1cc2c(cc1C)NC(=O)CO2)c1cccc(C)c1. The minimum atomic E-state index is -3.78. The molecule has 1 aliphatic heterocycles. The summed E-state index contributed by atoms with van der Waals surface area (Å²) in [5.74, 6) is -0.224. The maximum absolute atomic E-state index is 13.2. The van der Waals surface area contributed by atoms with Crippen molar-refractivity contribution in [3.63, 3.8) is 0 Å². The first kappa shape index (κ1) is 21.8. The van der Waals surface area contributed by atoms with Crippen LogP contribution in [0.4, 0.5) is 11.4 Å². The number of aryl methyl sites for hydroxylation is 2. The molecule has 0 fully saturated rings. The molecule has 3 rings (SSSR count). The van der Waals surface area contributed by atoms with E-state index in [1.165, 1.54) is 6.07 Å². The van der Waals surface area contributed by atoms with E-state index < -0.39 is 15.1 Å². The largest absolute Gasteiger partial charge is 0.482 e. The Balaban J connectivity index is 1.84. The standard InChI is InChI=1S/C22H26N2O5S/c1-5-24(17-8-6-7-14(2)9-17)22(26)11-16(4)30(27,28)20-12-19-18(10-15(20)3)23-21(25)13-29-19/h6-10,12,16H,5,11,13H2,1-4H3,(H,23,25)/t16-/m0/s1. The normalized spacial score (nSPS) is 14.3. The van der Waals surface area contributed by atoms with E-state index >= 15 is 0 Å². The van der Waals surface area contributed by atoms with Gasteiger partial charge in [-0.3, -0.25) is 9.59 Å². The molecule has 1 N–H and O–H groups in total. The molecule has 0 spiro atoms. The average Bonchev–Trinajstić information content (AvgIpc) is 2.67. The van der Waals surface area contributed by atoms with Gasteiger partial charge >= 0.3 is 0 Å². The first-order valence-corrected chi connectivity index (χ1v) is 11.4. The molecule has 1 aliphatic rings. The van der Waals surface area contributed by atoms with E-state index in [4.69, 9.17) is 4.74 Å². The number of benzene rings is 2. The lowest BCUT2D eigenvalue weighted by Crippen LogP contribution is -2.35. The predicted octanol–water partition coefficient (Wildman–Crippen LogP) is 3.24. The number of fused-ring (bicyclic) bond motifs is 1. The van der Waals surface area contributed by atoms with Crippen molar-refractivity contribution in [3.8, 4) is 5.75 Å². The van der Waals surface area contributed by atoms with Crippen LogP contribution in [0, 0.1) is 13.8 Å². The van der Waals surface area contributed by atoms with Crippen LogP contribution in [0.1, 0.15) is 31.4 Å². The highest BCUT2D eigenvalue weighted by Crippen LogP contribution is 2.34. The first-order chi connectivity index (χ1) is 14.1. The van der Waals surface area contributed by atoms with Crippen molar-refractivity contribution >= 4 is 33.0 Å². The Morgan fingerprint density at radius 3 is 2.63 bits per heavy atom. The van der Waals surface area contributed by atoms with E-state index in [1.807, 2.05) is 38.1 Å². The number of amides is 2. The van der Waals surface area contributed by atoms with Crippen LogP contribution >= 0.6 is 0 Å². The number of hydrogen-bond acceptors (Lipinski definition) is 5. The first-order valence-electron chi connectivity index (χ1n) is 9.81. The monoisotopic (exact) mass is 430 g/mol. The van der Waals surface area contributed by atoms with Crippen LogP contribution in [-0.4, -0.2) is 38.6 Å². The Hall–Kier alpha value is -2.87. The molecule has 8 heteroatoms. The molecule has 7 nitrogen and oxygen atoms in total. The second-order valence-electron chi connectivity index (χ2n) is 7.49. The highest BCUT2D eigenvalue weighted by atomic mass is 32.2. The van der Waals surface area contributed by atoms with Crippen LogP contribution < -0.4 is 15.0 Å². The molecule has 0 aliphatic carbocycles.